The highest BCUT2D eigenvalue weighted by molar-refractivity contribution is 7.98. The molecule has 1 heterocycles. The second-order valence-corrected chi connectivity index (χ2v) is 5.55. The van der Waals surface area contributed by atoms with E-state index < -0.39 is 0 Å². The first-order chi connectivity index (χ1) is 9.31. The molecule has 19 heavy (non-hydrogen) atoms. The molecular weight excluding hydrogens is 262 g/mol. The number of ether oxygens (including phenoxy) is 2. The largest absolute Gasteiger partial charge is 0.507 e. The number of phenolic OH excluding ortho intramolecular Hbond substituents is 1. The van der Waals surface area contributed by atoms with Crippen molar-refractivity contribution in [3.05, 3.63) is 17.7 Å². The van der Waals surface area contributed by atoms with Crippen LogP contribution >= 0.6 is 11.8 Å². The monoisotopic (exact) mass is 283 g/mol. The number of rotatable bonds is 8. The third-order valence-electron chi connectivity index (χ3n) is 3.09. The topological polar surface area (TPSA) is 50.7 Å². The van der Waals surface area contributed by atoms with Gasteiger partial charge in [0.1, 0.15) is 5.75 Å². The quantitative estimate of drug-likeness (QED) is 0.718. The summed E-state index contributed by atoms with van der Waals surface area (Å²) in [5.74, 6) is 2.84. The minimum Gasteiger partial charge on any atom is -0.507 e. The Bertz CT molecular complexity index is 412. The predicted octanol–water partition coefficient (Wildman–Crippen LogP) is 2.74. The molecule has 1 aliphatic rings. The summed E-state index contributed by atoms with van der Waals surface area (Å²) < 4.78 is 10.5. The van der Waals surface area contributed by atoms with Gasteiger partial charge in [0, 0.05) is 18.2 Å². The van der Waals surface area contributed by atoms with Crippen molar-refractivity contribution in [2.75, 3.05) is 25.3 Å². The summed E-state index contributed by atoms with van der Waals surface area (Å²) in [6.07, 6.45) is 5.84. The van der Waals surface area contributed by atoms with Crippen molar-refractivity contribution in [2.45, 2.75) is 25.8 Å². The van der Waals surface area contributed by atoms with Gasteiger partial charge < -0.3 is 19.9 Å². The minimum atomic E-state index is 0.237. The fraction of sp³-hybridized carbons (Fsp3) is 0.571. The number of benzene rings is 1. The molecule has 0 unspecified atom stereocenters. The van der Waals surface area contributed by atoms with Gasteiger partial charge in [-0.2, -0.15) is 11.8 Å². The van der Waals surface area contributed by atoms with E-state index in [1.807, 2.05) is 17.8 Å². The van der Waals surface area contributed by atoms with Gasteiger partial charge in [0.25, 0.3) is 0 Å². The van der Waals surface area contributed by atoms with Crippen LogP contribution in [0.15, 0.2) is 12.1 Å². The second-order valence-electron chi connectivity index (χ2n) is 4.56. The van der Waals surface area contributed by atoms with Gasteiger partial charge in [-0.3, -0.25) is 0 Å². The molecule has 0 bridgehead atoms. The third-order valence-corrected chi connectivity index (χ3v) is 3.79. The Morgan fingerprint density at radius 2 is 2.00 bits per heavy atom. The maximum absolute atomic E-state index is 9.87. The lowest BCUT2D eigenvalue weighted by atomic mass is 10.1. The molecule has 4 nitrogen and oxygen atoms in total. The average molecular weight is 283 g/mol. The molecule has 0 amide bonds. The van der Waals surface area contributed by atoms with Crippen molar-refractivity contribution in [3.8, 4) is 17.2 Å². The highest BCUT2D eigenvalue weighted by Crippen LogP contribution is 2.37. The first-order valence-corrected chi connectivity index (χ1v) is 8.02. The summed E-state index contributed by atoms with van der Waals surface area (Å²) in [4.78, 5) is 0. The molecule has 2 rings (SSSR count). The van der Waals surface area contributed by atoms with Crippen LogP contribution in [-0.2, 0) is 6.54 Å². The molecule has 0 spiro atoms. The normalized spacial score (nSPS) is 12.9. The zero-order valence-corrected chi connectivity index (χ0v) is 12.1. The van der Waals surface area contributed by atoms with E-state index in [0.717, 1.165) is 17.9 Å². The first kappa shape index (κ1) is 14.3. The Balaban J connectivity index is 1.71. The van der Waals surface area contributed by atoms with Gasteiger partial charge in [0.2, 0.25) is 6.79 Å². The van der Waals surface area contributed by atoms with Gasteiger partial charge in [-0.1, -0.05) is 6.42 Å². The van der Waals surface area contributed by atoms with Crippen LogP contribution in [0.4, 0.5) is 0 Å². The Morgan fingerprint density at radius 1 is 1.21 bits per heavy atom. The van der Waals surface area contributed by atoms with Gasteiger partial charge in [-0.05, 0) is 37.5 Å². The van der Waals surface area contributed by atoms with Crippen molar-refractivity contribution >= 4 is 11.8 Å². The highest BCUT2D eigenvalue weighted by atomic mass is 32.2. The number of thioether (sulfide) groups is 1. The lowest BCUT2D eigenvalue weighted by Gasteiger charge is -2.08. The lowest BCUT2D eigenvalue weighted by molar-refractivity contribution is 0.174. The second kappa shape index (κ2) is 7.50. The lowest BCUT2D eigenvalue weighted by Crippen LogP contribution is -2.14. The van der Waals surface area contributed by atoms with Crippen LogP contribution in [0.1, 0.15) is 24.8 Å². The molecule has 0 atom stereocenters. The molecule has 0 saturated carbocycles. The number of unbranched alkanes of at least 4 members (excludes halogenated alkanes) is 2. The minimum absolute atomic E-state index is 0.237. The van der Waals surface area contributed by atoms with Gasteiger partial charge in [0.05, 0.1) is 0 Å². The van der Waals surface area contributed by atoms with E-state index >= 15 is 0 Å². The molecule has 1 aromatic rings. The summed E-state index contributed by atoms with van der Waals surface area (Å²) in [6.45, 7) is 1.87. The van der Waals surface area contributed by atoms with Crippen LogP contribution in [0.25, 0.3) is 0 Å². The Labute approximate surface area is 118 Å². The van der Waals surface area contributed by atoms with Crippen LogP contribution in [-0.4, -0.2) is 30.5 Å². The van der Waals surface area contributed by atoms with Crippen molar-refractivity contribution in [2.24, 2.45) is 0 Å². The third kappa shape index (κ3) is 4.21. The molecule has 0 aliphatic carbocycles. The number of aromatic hydroxyl groups is 1. The number of fused-ring (bicyclic) bond motifs is 1. The fourth-order valence-corrected chi connectivity index (χ4v) is 2.50. The maximum Gasteiger partial charge on any atom is 0.231 e. The fourth-order valence-electron chi connectivity index (χ4n) is 2.01. The van der Waals surface area contributed by atoms with Crippen LogP contribution in [0.2, 0.25) is 0 Å². The molecular formula is C14H21NO3S. The van der Waals surface area contributed by atoms with E-state index in [4.69, 9.17) is 9.47 Å². The van der Waals surface area contributed by atoms with Crippen molar-refractivity contribution in [1.82, 2.24) is 5.32 Å². The first-order valence-electron chi connectivity index (χ1n) is 6.62. The van der Waals surface area contributed by atoms with Crippen molar-refractivity contribution in [3.63, 3.8) is 0 Å². The predicted molar refractivity (Wildman–Crippen MR) is 78.2 cm³/mol. The number of phenols is 1. The van der Waals surface area contributed by atoms with Crippen LogP contribution in [0.3, 0.4) is 0 Å². The summed E-state index contributed by atoms with van der Waals surface area (Å²) in [5.41, 5.74) is 0.855. The van der Waals surface area contributed by atoms with E-state index in [-0.39, 0.29) is 12.5 Å². The van der Waals surface area contributed by atoms with Crippen LogP contribution in [0.5, 0.6) is 17.2 Å². The van der Waals surface area contributed by atoms with Gasteiger partial charge in [-0.15, -0.1) is 0 Å². The molecule has 5 heteroatoms. The van der Waals surface area contributed by atoms with Crippen molar-refractivity contribution in [1.29, 1.82) is 0 Å². The molecule has 0 radical (unpaired) electrons. The number of hydrogen-bond donors (Lipinski definition) is 2. The summed E-state index contributed by atoms with van der Waals surface area (Å²) >= 11 is 1.90. The van der Waals surface area contributed by atoms with E-state index in [2.05, 4.69) is 11.6 Å². The maximum atomic E-state index is 9.87. The Hall–Kier alpha value is -1.07. The van der Waals surface area contributed by atoms with Crippen molar-refractivity contribution < 1.29 is 14.6 Å². The Morgan fingerprint density at radius 3 is 2.79 bits per heavy atom. The molecule has 106 valence electrons. The number of hydrogen-bond acceptors (Lipinski definition) is 5. The smallest absolute Gasteiger partial charge is 0.231 e. The molecule has 1 aromatic carbocycles. The molecule has 0 aromatic heterocycles. The molecule has 0 fully saturated rings. The highest BCUT2D eigenvalue weighted by Gasteiger charge is 2.16. The van der Waals surface area contributed by atoms with Crippen LogP contribution in [0, 0.1) is 0 Å². The zero-order chi connectivity index (χ0) is 13.5. The molecule has 2 N–H and O–H groups in total. The average Bonchev–Trinajstić information content (AvgIpc) is 2.84. The summed E-state index contributed by atoms with van der Waals surface area (Å²) in [7, 11) is 0. The summed E-state index contributed by atoms with van der Waals surface area (Å²) in [5, 5.41) is 13.2. The number of nitrogens with one attached hydrogen (secondary N) is 1. The van der Waals surface area contributed by atoms with E-state index in [0.29, 0.717) is 12.3 Å². The van der Waals surface area contributed by atoms with Gasteiger partial charge in [0.15, 0.2) is 11.5 Å². The van der Waals surface area contributed by atoms with E-state index in [9.17, 15) is 5.11 Å². The van der Waals surface area contributed by atoms with E-state index in [1.54, 1.807) is 6.07 Å². The molecule has 1 aliphatic heterocycles. The Kier molecular flexibility index (Phi) is 5.66. The van der Waals surface area contributed by atoms with Gasteiger partial charge in [-0.25, -0.2) is 0 Å². The zero-order valence-electron chi connectivity index (χ0n) is 11.3. The van der Waals surface area contributed by atoms with Gasteiger partial charge >= 0.3 is 0 Å². The summed E-state index contributed by atoms with van der Waals surface area (Å²) in [6, 6.07) is 3.47. The standard InChI is InChI=1S/C14H21NO3S/c1-19-6-4-2-3-5-15-9-11-7-13-14(8-12(11)16)18-10-17-13/h7-8,15-16H,2-6,9-10H2,1H3. The van der Waals surface area contributed by atoms with E-state index in [1.165, 1.54) is 25.0 Å². The molecule has 0 saturated heterocycles. The SMILES string of the molecule is CSCCCCCNCc1cc2c(cc1O)OCO2. The van der Waals surface area contributed by atoms with Crippen LogP contribution < -0.4 is 14.8 Å².